The minimum Gasteiger partial charge on any atom is -0.469 e. The third-order valence-electron chi connectivity index (χ3n) is 3.96. The average molecular weight is 381 g/mol. The summed E-state index contributed by atoms with van der Waals surface area (Å²) >= 11 is 1.51. The molecule has 4 rings (SSSR count). The summed E-state index contributed by atoms with van der Waals surface area (Å²) in [7, 11) is 0. The summed E-state index contributed by atoms with van der Waals surface area (Å²) in [4.78, 5) is 12.2. The highest BCUT2D eigenvalue weighted by Gasteiger charge is 2.15. The van der Waals surface area contributed by atoms with Crippen molar-refractivity contribution >= 4 is 11.8 Å². The van der Waals surface area contributed by atoms with Gasteiger partial charge < -0.3 is 14.1 Å². The van der Waals surface area contributed by atoms with Crippen LogP contribution in [0.4, 0.5) is 4.39 Å². The molecule has 0 aliphatic heterocycles. The van der Waals surface area contributed by atoms with Gasteiger partial charge in [-0.05, 0) is 48.7 Å². The standard InChI is InChI=1S/C20H16FN3O2S/c1-27-20-23-18(13-4-6-15(21)7-5-13)19(24-20)14-8-9-22-17(11-14)26-12-16-3-2-10-25-16/h2-11H,12H2,1H3,(H,23,24). The Kier molecular flexibility index (Phi) is 4.93. The lowest BCUT2D eigenvalue weighted by Gasteiger charge is -2.06. The molecular weight excluding hydrogens is 365 g/mol. The molecule has 3 aromatic heterocycles. The molecule has 136 valence electrons. The predicted molar refractivity (Wildman–Crippen MR) is 102 cm³/mol. The third kappa shape index (κ3) is 3.88. The molecule has 0 spiro atoms. The fourth-order valence-corrected chi connectivity index (χ4v) is 3.04. The highest BCUT2D eigenvalue weighted by molar-refractivity contribution is 7.98. The van der Waals surface area contributed by atoms with Gasteiger partial charge in [-0.3, -0.25) is 0 Å². The van der Waals surface area contributed by atoms with Gasteiger partial charge in [0.25, 0.3) is 0 Å². The van der Waals surface area contributed by atoms with Crippen molar-refractivity contribution < 1.29 is 13.5 Å². The molecule has 0 aliphatic rings. The van der Waals surface area contributed by atoms with E-state index in [2.05, 4.69) is 15.0 Å². The van der Waals surface area contributed by atoms with Crippen LogP contribution in [0.1, 0.15) is 5.76 Å². The number of hydrogen-bond donors (Lipinski definition) is 1. The van der Waals surface area contributed by atoms with Crippen LogP contribution in [0, 0.1) is 5.82 Å². The summed E-state index contributed by atoms with van der Waals surface area (Å²) in [6.45, 7) is 0.297. The molecule has 0 fully saturated rings. The van der Waals surface area contributed by atoms with E-state index in [1.807, 2.05) is 30.5 Å². The number of rotatable bonds is 6. The Morgan fingerprint density at radius 3 is 2.74 bits per heavy atom. The highest BCUT2D eigenvalue weighted by Crippen LogP contribution is 2.33. The molecule has 7 heteroatoms. The first-order chi connectivity index (χ1) is 13.2. The van der Waals surface area contributed by atoms with Crippen LogP contribution in [0.3, 0.4) is 0 Å². The van der Waals surface area contributed by atoms with Crippen LogP contribution in [0.15, 0.2) is 70.6 Å². The molecule has 0 amide bonds. The maximum Gasteiger partial charge on any atom is 0.214 e. The molecule has 0 saturated heterocycles. The first kappa shape index (κ1) is 17.4. The lowest BCUT2D eigenvalue weighted by Crippen LogP contribution is -1.96. The molecule has 0 atom stereocenters. The van der Waals surface area contributed by atoms with E-state index in [1.54, 1.807) is 24.6 Å². The number of aromatic nitrogens is 3. The van der Waals surface area contributed by atoms with Crippen LogP contribution >= 0.6 is 11.8 Å². The topological polar surface area (TPSA) is 63.9 Å². The minimum absolute atomic E-state index is 0.276. The minimum atomic E-state index is -0.276. The number of halogens is 1. The molecule has 0 bridgehead atoms. The summed E-state index contributed by atoms with van der Waals surface area (Å²) in [5.74, 6) is 0.920. The van der Waals surface area contributed by atoms with Crippen molar-refractivity contribution in [2.75, 3.05) is 6.26 Å². The summed E-state index contributed by atoms with van der Waals surface area (Å²) in [5.41, 5.74) is 3.29. The first-order valence-corrected chi connectivity index (χ1v) is 9.47. The molecule has 1 N–H and O–H groups in total. The summed E-state index contributed by atoms with van der Waals surface area (Å²) in [6, 6.07) is 13.7. The number of H-pyrrole nitrogens is 1. The van der Waals surface area contributed by atoms with Gasteiger partial charge in [0.05, 0.1) is 17.7 Å². The molecule has 0 saturated carbocycles. The van der Waals surface area contributed by atoms with Gasteiger partial charge in [-0.2, -0.15) is 0 Å². The Balaban J connectivity index is 1.67. The van der Waals surface area contributed by atoms with Gasteiger partial charge in [-0.1, -0.05) is 11.8 Å². The second-order valence-electron chi connectivity index (χ2n) is 5.73. The fraction of sp³-hybridized carbons (Fsp3) is 0.100. The number of imidazole rings is 1. The normalized spacial score (nSPS) is 10.9. The van der Waals surface area contributed by atoms with Crippen LogP contribution in [-0.4, -0.2) is 21.2 Å². The number of pyridine rings is 1. The molecule has 5 nitrogen and oxygen atoms in total. The van der Waals surface area contributed by atoms with E-state index < -0.39 is 0 Å². The predicted octanol–water partition coefficient (Wildman–Crippen LogP) is 5.17. The smallest absolute Gasteiger partial charge is 0.214 e. The number of furan rings is 1. The largest absolute Gasteiger partial charge is 0.469 e. The Labute approximate surface area is 159 Å². The van der Waals surface area contributed by atoms with Gasteiger partial charge in [-0.25, -0.2) is 14.4 Å². The van der Waals surface area contributed by atoms with Crippen molar-refractivity contribution in [3.63, 3.8) is 0 Å². The van der Waals surface area contributed by atoms with Crippen LogP contribution in [-0.2, 0) is 6.61 Å². The quantitative estimate of drug-likeness (QED) is 0.467. The zero-order chi connectivity index (χ0) is 18.6. The molecule has 27 heavy (non-hydrogen) atoms. The number of nitrogens with zero attached hydrogens (tertiary/aromatic N) is 2. The SMILES string of the molecule is CSc1nc(-c2ccnc(OCc3ccco3)c2)c(-c2ccc(F)cc2)[nH]1. The van der Waals surface area contributed by atoms with E-state index in [-0.39, 0.29) is 5.82 Å². The van der Waals surface area contributed by atoms with Crippen molar-refractivity contribution in [2.45, 2.75) is 11.8 Å². The molecular formula is C20H16FN3O2S. The Bertz CT molecular complexity index is 1030. The van der Waals surface area contributed by atoms with Crippen LogP contribution < -0.4 is 4.74 Å². The molecule has 0 radical (unpaired) electrons. The van der Waals surface area contributed by atoms with Gasteiger partial charge in [-0.15, -0.1) is 0 Å². The number of aromatic amines is 1. The van der Waals surface area contributed by atoms with Crippen LogP contribution in [0.25, 0.3) is 22.5 Å². The second-order valence-corrected chi connectivity index (χ2v) is 6.52. The fourth-order valence-electron chi connectivity index (χ4n) is 2.66. The second kappa shape index (κ2) is 7.67. The molecule has 3 heterocycles. The van der Waals surface area contributed by atoms with Crippen molar-refractivity contribution in [3.8, 4) is 28.4 Å². The van der Waals surface area contributed by atoms with Gasteiger partial charge >= 0.3 is 0 Å². The van der Waals surface area contributed by atoms with Crippen LogP contribution in [0.5, 0.6) is 5.88 Å². The lowest BCUT2D eigenvalue weighted by molar-refractivity contribution is 0.261. The summed E-state index contributed by atoms with van der Waals surface area (Å²) in [5, 5.41) is 0.777. The number of ether oxygens (including phenoxy) is 1. The summed E-state index contributed by atoms with van der Waals surface area (Å²) < 4.78 is 24.3. The summed E-state index contributed by atoms with van der Waals surface area (Å²) in [6.07, 6.45) is 5.22. The van der Waals surface area contributed by atoms with Gasteiger partial charge in [0.1, 0.15) is 18.2 Å². The van der Waals surface area contributed by atoms with Gasteiger partial charge in [0.2, 0.25) is 5.88 Å². The van der Waals surface area contributed by atoms with Gasteiger partial charge in [0, 0.05) is 23.4 Å². The first-order valence-electron chi connectivity index (χ1n) is 8.24. The lowest BCUT2D eigenvalue weighted by atomic mass is 10.1. The van der Waals surface area contributed by atoms with Crippen molar-refractivity contribution in [2.24, 2.45) is 0 Å². The zero-order valence-corrected chi connectivity index (χ0v) is 15.3. The van der Waals surface area contributed by atoms with E-state index in [1.165, 1.54) is 23.9 Å². The zero-order valence-electron chi connectivity index (χ0n) is 14.5. The molecule has 0 aliphatic carbocycles. The van der Waals surface area contributed by atoms with Crippen molar-refractivity contribution in [1.82, 2.24) is 15.0 Å². The Hall–Kier alpha value is -3.06. The van der Waals surface area contributed by atoms with Crippen LogP contribution in [0.2, 0.25) is 0 Å². The number of nitrogens with one attached hydrogen (secondary N) is 1. The van der Waals surface area contributed by atoms with E-state index in [4.69, 9.17) is 9.15 Å². The number of benzene rings is 1. The van der Waals surface area contributed by atoms with Crippen molar-refractivity contribution in [3.05, 3.63) is 72.6 Å². The van der Waals surface area contributed by atoms with E-state index in [0.29, 0.717) is 12.5 Å². The van der Waals surface area contributed by atoms with E-state index in [0.717, 1.165) is 33.4 Å². The third-order valence-corrected chi connectivity index (χ3v) is 4.54. The molecule has 0 unspecified atom stereocenters. The maximum absolute atomic E-state index is 13.3. The monoisotopic (exact) mass is 381 g/mol. The van der Waals surface area contributed by atoms with E-state index >= 15 is 0 Å². The van der Waals surface area contributed by atoms with Gasteiger partial charge in [0.15, 0.2) is 5.16 Å². The Morgan fingerprint density at radius 2 is 2.00 bits per heavy atom. The Morgan fingerprint density at radius 1 is 1.15 bits per heavy atom. The van der Waals surface area contributed by atoms with E-state index in [9.17, 15) is 4.39 Å². The highest BCUT2D eigenvalue weighted by atomic mass is 32.2. The molecule has 4 aromatic rings. The molecule has 1 aromatic carbocycles. The maximum atomic E-state index is 13.3. The number of thioether (sulfide) groups is 1. The van der Waals surface area contributed by atoms with Crippen molar-refractivity contribution in [1.29, 1.82) is 0 Å². The average Bonchev–Trinajstić information content (AvgIpc) is 3.37. The number of hydrogen-bond acceptors (Lipinski definition) is 5.